The van der Waals surface area contributed by atoms with Gasteiger partial charge in [0, 0.05) is 19.3 Å². The molecule has 1 aromatic rings. The standard InChI is InChI=1S/C9H13N.ClH/c1-3-10(2)9-7-5-4-6-8-9;/h4-8H,3H2,1-2H3;1H. The molecule has 0 atom stereocenters. The summed E-state index contributed by atoms with van der Waals surface area (Å²) in [5.74, 6) is 0. The SMILES string of the molecule is CCN(C)c1ccccc1.Cl. The lowest BCUT2D eigenvalue weighted by Crippen LogP contribution is -2.15. The van der Waals surface area contributed by atoms with Crippen molar-refractivity contribution in [3.8, 4) is 0 Å². The molecule has 0 fully saturated rings. The lowest BCUT2D eigenvalue weighted by Gasteiger charge is -2.15. The van der Waals surface area contributed by atoms with Gasteiger partial charge in [-0.25, -0.2) is 0 Å². The zero-order valence-electron chi connectivity index (χ0n) is 6.95. The molecule has 0 heterocycles. The Balaban J connectivity index is 0.000001000. The molecule has 1 nitrogen and oxygen atoms in total. The van der Waals surface area contributed by atoms with Crippen molar-refractivity contribution in [2.24, 2.45) is 0 Å². The summed E-state index contributed by atoms with van der Waals surface area (Å²) in [7, 11) is 2.09. The minimum atomic E-state index is 0. The number of nitrogens with zero attached hydrogens (tertiary/aromatic N) is 1. The maximum absolute atomic E-state index is 2.21. The Bertz CT molecular complexity index is 186. The van der Waals surface area contributed by atoms with Gasteiger partial charge in [-0.05, 0) is 19.1 Å². The molecular formula is C9H14ClN. The molecule has 11 heavy (non-hydrogen) atoms. The zero-order chi connectivity index (χ0) is 7.40. The average Bonchev–Trinajstić information content (AvgIpc) is 2.05. The number of para-hydroxylation sites is 1. The molecule has 1 aromatic carbocycles. The summed E-state index contributed by atoms with van der Waals surface area (Å²) in [6.07, 6.45) is 0. The first-order valence-corrected chi connectivity index (χ1v) is 3.60. The van der Waals surface area contributed by atoms with E-state index in [1.54, 1.807) is 0 Å². The zero-order valence-corrected chi connectivity index (χ0v) is 7.77. The van der Waals surface area contributed by atoms with E-state index in [0.29, 0.717) is 0 Å². The molecule has 0 N–H and O–H groups in total. The van der Waals surface area contributed by atoms with E-state index in [1.807, 2.05) is 6.07 Å². The molecule has 0 amide bonds. The van der Waals surface area contributed by atoms with E-state index in [4.69, 9.17) is 0 Å². The molecule has 0 saturated carbocycles. The Morgan fingerprint density at radius 3 is 2.18 bits per heavy atom. The number of anilines is 1. The quantitative estimate of drug-likeness (QED) is 0.661. The van der Waals surface area contributed by atoms with Crippen molar-refractivity contribution in [2.75, 3.05) is 18.5 Å². The third-order valence-corrected chi connectivity index (χ3v) is 1.67. The van der Waals surface area contributed by atoms with E-state index in [9.17, 15) is 0 Å². The van der Waals surface area contributed by atoms with E-state index in [0.717, 1.165) is 6.54 Å². The van der Waals surface area contributed by atoms with Gasteiger partial charge in [0.25, 0.3) is 0 Å². The second kappa shape index (κ2) is 5.03. The lowest BCUT2D eigenvalue weighted by molar-refractivity contribution is 0.968. The van der Waals surface area contributed by atoms with E-state index in [2.05, 4.69) is 43.1 Å². The first-order valence-electron chi connectivity index (χ1n) is 3.60. The largest absolute Gasteiger partial charge is 0.375 e. The van der Waals surface area contributed by atoms with Crippen molar-refractivity contribution in [3.63, 3.8) is 0 Å². The Morgan fingerprint density at radius 1 is 1.18 bits per heavy atom. The summed E-state index contributed by atoms with van der Waals surface area (Å²) in [4.78, 5) is 2.21. The van der Waals surface area contributed by atoms with Crippen LogP contribution in [0, 0.1) is 0 Å². The van der Waals surface area contributed by atoms with Crippen LogP contribution in [0.1, 0.15) is 6.92 Å². The molecule has 62 valence electrons. The van der Waals surface area contributed by atoms with Crippen LogP contribution in [0.3, 0.4) is 0 Å². The predicted molar refractivity (Wildman–Crippen MR) is 52.6 cm³/mol. The maximum Gasteiger partial charge on any atom is 0.0363 e. The van der Waals surface area contributed by atoms with Gasteiger partial charge in [-0.1, -0.05) is 18.2 Å². The van der Waals surface area contributed by atoms with Crippen LogP contribution in [-0.2, 0) is 0 Å². The Labute approximate surface area is 74.4 Å². The van der Waals surface area contributed by atoms with Crippen LogP contribution < -0.4 is 4.90 Å². The Kier molecular flexibility index (Phi) is 4.71. The fourth-order valence-electron chi connectivity index (χ4n) is 0.865. The number of hydrogen-bond donors (Lipinski definition) is 0. The van der Waals surface area contributed by atoms with E-state index >= 15 is 0 Å². The minimum Gasteiger partial charge on any atom is -0.375 e. The van der Waals surface area contributed by atoms with Crippen LogP contribution in [0.25, 0.3) is 0 Å². The van der Waals surface area contributed by atoms with Gasteiger partial charge in [-0.15, -0.1) is 12.4 Å². The predicted octanol–water partition coefficient (Wildman–Crippen LogP) is 2.56. The molecule has 0 spiro atoms. The van der Waals surface area contributed by atoms with Crippen LogP contribution in [0.15, 0.2) is 30.3 Å². The van der Waals surface area contributed by atoms with Crippen LogP contribution >= 0.6 is 12.4 Å². The smallest absolute Gasteiger partial charge is 0.0363 e. The van der Waals surface area contributed by atoms with Crippen molar-refractivity contribution >= 4 is 18.1 Å². The van der Waals surface area contributed by atoms with E-state index in [1.165, 1.54) is 5.69 Å². The minimum absolute atomic E-state index is 0. The van der Waals surface area contributed by atoms with Gasteiger partial charge in [-0.3, -0.25) is 0 Å². The summed E-state index contributed by atoms with van der Waals surface area (Å²) < 4.78 is 0. The highest BCUT2D eigenvalue weighted by molar-refractivity contribution is 5.85. The maximum atomic E-state index is 2.21. The third-order valence-electron chi connectivity index (χ3n) is 1.67. The first-order chi connectivity index (χ1) is 4.84. The normalized spacial score (nSPS) is 8.55. The second-order valence-electron chi connectivity index (χ2n) is 2.35. The summed E-state index contributed by atoms with van der Waals surface area (Å²) in [6.45, 7) is 3.21. The molecule has 0 aliphatic carbocycles. The molecular weight excluding hydrogens is 158 g/mol. The van der Waals surface area contributed by atoms with E-state index < -0.39 is 0 Å². The van der Waals surface area contributed by atoms with Crippen LogP contribution in [0.4, 0.5) is 5.69 Å². The third kappa shape index (κ3) is 2.81. The first kappa shape index (κ1) is 10.3. The Morgan fingerprint density at radius 2 is 1.73 bits per heavy atom. The molecule has 0 aliphatic heterocycles. The molecule has 0 aliphatic rings. The van der Waals surface area contributed by atoms with Crippen LogP contribution in [-0.4, -0.2) is 13.6 Å². The summed E-state index contributed by atoms with van der Waals surface area (Å²) in [5, 5.41) is 0. The molecule has 0 saturated heterocycles. The highest BCUT2D eigenvalue weighted by Crippen LogP contribution is 2.09. The summed E-state index contributed by atoms with van der Waals surface area (Å²) >= 11 is 0. The number of benzene rings is 1. The highest BCUT2D eigenvalue weighted by Gasteiger charge is 1.92. The number of rotatable bonds is 2. The average molecular weight is 172 g/mol. The van der Waals surface area contributed by atoms with Gasteiger partial charge < -0.3 is 4.90 Å². The van der Waals surface area contributed by atoms with Gasteiger partial charge in [-0.2, -0.15) is 0 Å². The fraction of sp³-hybridized carbons (Fsp3) is 0.333. The monoisotopic (exact) mass is 171 g/mol. The van der Waals surface area contributed by atoms with Gasteiger partial charge >= 0.3 is 0 Å². The molecule has 0 unspecified atom stereocenters. The molecule has 0 aromatic heterocycles. The van der Waals surface area contributed by atoms with Gasteiger partial charge in [0.15, 0.2) is 0 Å². The lowest BCUT2D eigenvalue weighted by atomic mass is 10.3. The van der Waals surface area contributed by atoms with Crippen LogP contribution in [0.5, 0.6) is 0 Å². The topological polar surface area (TPSA) is 3.24 Å². The summed E-state index contributed by atoms with van der Waals surface area (Å²) in [6, 6.07) is 10.4. The van der Waals surface area contributed by atoms with Gasteiger partial charge in [0.05, 0.1) is 0 Å². The van der Waals surface area contributed by atoms with Gasteiger partial charge in [0.2, 0.25) is 0 Å². The van der Waals surface area contributed by atoms with Crippen molar-refractivity contribution in [3.05, 3.63) is 30.3 Å². The highest BCUT2D eigenvalue weighted by atomic mass is 35.5. The van der Waals surface area contributed by atoms with Crippen molar-refractivity contribution < 1.29 is 0 Å². The van der Waals surface area contributed by atoms with E-state index in [-0.39, 0.29) is 12.4 Å². The van der Waals surface area contributed by atoms with Crippen LogP contribution in [0.2, 0.25) is 0 Å². The Hall–Kier alpha value is -0.690. The second-order valence-corrected chi connectivity index (χ2v) is 2.35. The molecule has 0 bridgehead atoms. The molecule has 0 radical (unpaired) electrons. The number of halogens is 1. The summed E-state index contributed by atoms with van der Waals surface area (Å²) in [5.41, 5.74) is 1.28. The van der Waals surface area contributed by atoms with Crippen molar-refractivity contribution in [1.29, 1.82) is 0 Å². The van der Waals surface area contributed by atoms with Gasteiger partial charge in [0.1, 0.15) is 0 Å². The number of hydrogen-bond acceptors (Lipinski definition) is 1. The van der Waals surface area contributed by atoms with Crippen molar-refractivity contribution in [2.45, 2.75) is 6.92 Å². The van der Waals surface area contributed by atoms with Crippen molar-refractivity contribution in [1.82, 2.24) is 0 Å². The molecule has 2 heteroatoms. The molecule has 1 rings (SSSR count). The fourth-order valence-corrected chi connectivity index (χ4v) is 0.865.